The van der Waals surface area contributed by atoms with E-state index in [-0.39, 0.29) is 6.04 Å². The molecule has 0 amide bonds. The molecule has 1 aliphatic rings. The standard InChI is InChI=1S/C14H20INO/c1-10-4-2-6-12(14(10)15)13(16)8-7-11-5-3-9-17-11/h2,4,6,11,13H,3,5,7-9,16H2,1H3. The van der Waals surface area contributed by atoms with Crippen LogP contribution in [-0.2, 0) is 4.74 Å². The van der Waals surface area contributed by atoms with E-state index in [9.17, 15) is 0 Å². The second-order valence-electron chi connectivity index (χ2n) is 4.80. The number of rotatable bonds is 4. The summed E-state index contributed by atoms with van der Waals surface area (Å²) >= 11 is 2.40. The summed E-state index contributed by atoms with van der Waals surface area (Å²) in [7, 11) is 0. The SMILES string of the molecule is Cc1cccc(C(N)CCC2CCCO2)c1I. The lowest BCUT2D eigenvalue weighted by molar-refractivity contribution is 0.101. The second kappa shape index (κ2) is 6.16. The average molecular weight is 345 g/mol. The summed E-state index contributed by atoms with van der Waals surface area (Å²) in [5.41, 5.74) is 8.88. The van der Waals surface area contributed by atoms with Crippen LogP contribution in [0.5, 0.6) is 0 Å². The molecule has 1 aliphatic heterocycles. The van der Waals surface area contributed by atoms with Crippen molar-refractivity contribution in [1.29, 1.82) is 0 Å². The van der Waals surface area contributed by atoms with Crippen LogP contribution < -0.4 is 5.73 Å². The number of halogens is 1. The van der Waals surface area contributed by atoms with E-state index in [0.29, 0.717) is 6.10 Å². The highest BCUT2D eigenvalue weighted by molar-refractivity contribution is 14.1. The first-order chi connectivity index (χ1) is 8.18. The topological polar surface area (TPSA) is 35.2 Å². The maximum Gasteiger partial charge on any atom is 0.0576 e. The molecule has 1 aromatic rings. The Labute approximate surface area is 117 Å². The van der Waals surface area contributed by atoms with Crippen LogP contribution in [0.4, 0.5) is 0 Å². The fourth-order valence-corrected chi connectivity index (χ4v) is 3.11. The Kier molecular flexibility index (Phi) is 4.82. The van der Waals surface area contributed by atoms with Gasteiger partial charge in [-0.15, -0.1) is 0 Å². The van der Waals surface area contributed by atoms with Crippen LogP contribution in [0, 0.1) is 10.5 Å². The van der Waals surface area contributed by atoms with E-state index in [0.717, 1.165) is 19.4 Å². The fourth-order valence-electron chi connectivity index (χ4n) is 2.35. The molecular weight excluding hydrogens is 325 g/mol. The Morgan fingerprint density at radius 2 is 2.35 bits per heavy atom. The highest BCUT2D eigenvalue weighted by atomic mass is 127. The van der Waals surface area contributed by atoms with Gasteiger partial charge in [0.15, 0.2) is 0 Å². The zero-order chi connectivity index (χ0) is 12.3. The maximum absolute atomic E-state index is 6.28. The zero-order valence-electron chi connectivity index (χ0n) is 10.3. The molecule has 1 aromatic carbocycles. The number of benzene rings is 1. The van der Waals surface area contributed by atoms with Crippen molar-refractivity contribution in [2.45, 2.75) is 44.8 Å². The van der Waals surface area contributed by atoms with Crippen LogP contribution in [-0.4, -0.2) is 12.7 Å². The molecule has 0 saturated carbocycles. The molecule has 0 bridgehead atoms. The van der Waals surface area contributed by atoms with Gasteiger partial charge in [-0.25, -0.2) is 0 Å². The quantitative estimate of drug-likeness (QED) is 0.847. The lowest BCUT2D eigenvalue weighted by atomic mass is 9.99. The third-order valence-electron chi connectivity index (χ3n) is 3.44. The van der Waals surface area contributed by atoms with Gasteiger partial charge in [-0.05, 0) is 66.3 Å². The van der Waals surface area contributed by atoms with Crippen molar-refractivity contribution >= 4 is 22.6 Å². The Hall–Kier alpha value is -0.130. The van der Waals surface area contributed by atoms with E-state index in [1.807, 2.05) is 0 Å². The first-order valence-corrected chi connectivity index (χ1v) is 7.38. The van der Waals surface area contributed by atoms with Crippen molar-refractivity contribution in [3.05, 3.63) is 32.9 Å². The number of hydrogen-bond acceptors (Lipinski definition) is 2. The molecular formula is C14H20INO. The third-order valence-corrected chi connectivity index (χ3v) is 4.92. The summed E-state index contributed by atoms with van der Waals surface area (Å²) < 4.78 is 6.95. The van der Waals surface area contributed by atoms with Gasteiger partial charge >= 0.3 is 0 Å². The van der Waals surface area contributed by atoms with Crippen LogP contribution in [0.15, 0.2) is 18.2 Å². The van der Waals surface area contributed by atoms with Crippen molar-refractivity contribution in [2.24, 2.45) is 5.73 Å². The molecule has 17 heavy (non-hydrogen) atoms. The van der Waals surface area contributed by atoms with E-state index in [2.05, 4.69) is 47.7 Å². The maximum atomic E-state index is 6.28. The second-order valence-corrected chi connectivity index (χ2v) is 5.88. The average Bonchev–Trinajstić information content (AvgIpc) is 2.82. The summed E-state index contributed by atoms with van der Waals surface area (Å²) in [5.74, 6) is 0. The number of nitrogens with two attached hydrogens (primary N) is 1. The van der Waals surface area contributed by atoms with Crippen molar-refractivity contribution in [1.82, 2.24) is 0 Å². The lowest BCUT2D eigenvalue weighted by Gasteiger charge is -2.17. The molecule has 2 unspecified atom stereocenters. The first kappa shape index (κ1) is 13.3. The van der Waals surface area contributed by atoms with Crippen LogP contribution in [0.1, 0.15) is 42.9 Å². The van der Waals surface area contributed by atoms with E-state index in [4.69, 9.17) is 10.5 Å². The molecule has 0 radical (unpaired) electrons. The predicted molar refractivity (Wildman–Crippen MR) is 79.0 cm³/mol. The third kappa shape index (κ3) is 3.42. The minimum Gasteiger partial charge on any atom is -0.378 e. The Bertz CT molecular complexity index is 374. The van der Waals surface area contributed by atoms with Gasteiger partial charge in [-0.3, -0.25) is 0 Å². The number of hydrogen-bond donors (Lipinski definition) is 1. The van der Waals surface area contributed by atoms with Crippen molar-refractivity contribution in [3.8, 4) is 0 Å². The summed E-state index contributed by atoms with van der Waals surface area (Å²) in [4.78, 5) is 0. The predicted octanol–water partition coefficient (Wildman–Crippen LogP) is 3.56. The van der Waals surface area contributed by atoms with Crippen LogP contribution in [0.2, 0.25) is 0 Å². The summed E-state index contributed by atoms with van der Waals surface area (Å²) in [6, 6.07) is 6.53. The van der Waals surface area contributed by atoms with Gasteiger partial charge in [-0.1, -0.05) is 18.2 Å². The van der Waals surface area contributed by atoms with Gasteiger partial charge in [-0.2, -0.15) is 0 Å². The molecule has 0 aromatic heterocycles. The Morgan fingerprint density at radius 1 is 1.53 bits per heavy atom. The van der Waals surface area contributed by atoms with Crippen LogP contribution >= 0.6 is 22.6 Å². The summed E-state index contributed by atoms with van der Waals surface area (Å²) in [6.07, 6.45) is 4.97. The van der Waals surface area contributed by atoms with Gasteiger partial charge in [0.2, 0.25) is 0 Å². The minimum absolute atomic E-state index is 0.144. The molecule has 1 saturated heterocycles. The minimum atomic E-state index is 0.144. The monoisotopic (exact) mass is 345 g/mol. The molecule has 2 N–H and O–H groups in total. The van der Waals surface area contributed by atoms with Crippen LogP contribution in [0.3, 0.4) is 0 Å². The lowest BCUT2D eigenvalue weighted by Crippen LogP contribution is -2.15. The zero-order valence-corrected chi connectivity index (χ0v) is 12.4. The van der Waals surface area contributed by atoms with Gasteiger partial charge in [0.05, 0.1) is 6.10 Å². The van der Waals surface area contributed by atoms with Gasteiger partial charge in [0.1, 0.15) is 0 Å². The van der Waals surface area contributed by atoms with Crippen molar-refractivity contribution in [2.75, 3.05) is 6.61 Å². The smallest absolute Gasteiger partial charge is 0.0576 e. The number of ether oxygens (including phenoxy) is 1. The highest BCUT2D eigenvalue weighted by Gasteiger charge is 2.18. The molecule has 2 atom stereocenters. The van der Waals surface area contributed by atoms with Crippen LogP contribution in [0.25, 0.3) is 0 Å². The molecule has 1 heterocycles. The van der Waals surface area contributed by atoms with Crippen molar-refractivity contribution < 1.29 is 4.74 Å². The van der Waals surface area contributed by atoms with Crippen molar-refractivity contribution in [3.63, 3.8) is 0 Å². The van der Waals surface area contributed by atoms with E-state index >= 15 is 0 Å². The Morgan fingerprint density at radius 3 is 3.06 bits per heavy atom. The Balaban J connectivity index is 1.94. The first-order valence-electron chi connectivity index (χ1n) is 6.30. The fraction of sp³-hybridized carbons (Fsp3) is 0.571. The highest BCUT2D eigenvalue weighted by Crippen LogP contribution is 2.26. The molecule has 0 spiro atoms. The summed E-state index contributed by atoms with van der Waals surface area (Å²) in [6.45, 7) is 3.07. The molecule has 1 fully saturated rings. The largest absolute Gasteiger partial charge is 0.378 e. The summed E-state index contributed by atoms with van der Waals surface area (Å²) in [5, 5.41) is 0. The van der Waals surface area contributed by atoms with Gasteiger partial charge in [0.25, 0.3) is 0 Å². The van der Waals surface area contributed by atoms with E-state index in [1.165, 1.54) is 27.5 Å². The van der Waals surface area contributed by atoms with E-state index < -0.39 is 0 Å². The molecule has 0 aliphatic carbocycles. The number of aryl methyl sites for hydroxylation is 1. The molecule has 3 heteroatoms. The normalized spacial score (nSPS) is 21.7. The molecule has 2 nitrogen and oxygen atoms in total. The van der Waals surface area contributed by atoms with Gasteiger partial charge in [0, 0.05) is 16.2 Å². The molecule has 94 valence electrons. The molecule has 2 rings (SSSR count). The van der Waals surface area contributed by atoms with Gasteiger partial charge < -0.3 is 10.5 Å². The van der Waals surface area contributed by atoms with E-state index in [1.54, 1.807) is 0 Å².